The molecule has 160 valence electrons. The highest BCUT2D eigenvalue weighted by Gasteiger charge is 2.13. The Bertz CT molecular complexity index is 1130. The predicted octanol–water partition coefficient (Wildman–Crippen LogP) is 6.16. The highest BCUT2D eigenvalue weighted by molar-refractivity contribution is 7.98. The van der Waals surface area contributed by atoms with Gasteiger partial charge in [0.1, 0.15) is 17.4 Å². The molecule has 0 radical (unpaired) electrons. The van der Waals surface area contributed by atoms with Crippen LogP contribution >= 0.6 is 23.1 Å². The number of thioether (sulfide) groups is 1. The number of hydrogen-bond acceptors (Lipinski definition) is 6. The lowest BCUT2D eigenvalue weighted by molar-refractivity contribution is 0.288. The van der Waals surface area contributed by atoms with E-state index in [-0.39, 0.29) is 0 Å². The third-order valence-corrected chi connectivity index (χ3v) is 6.92. The van der Waals surface area contributed by atoms with Gasteiger partial charge in [-0.3, -0.25) is 0 Å². The van der Waals surface area contributed by atoms with Crippen molar-refractivity contribution in [2.24, 2.45) is 0 Å². The van der Waals surface area contributed by atoms with Crippen LogP contribution in [0.3, 0.4) is 0 Å². The van der Waals surface area contributed by atoms with E-state index in [4.69, 9.17) is 9.72 Å². The molecule has 2 heterocycles. The zero-order valence-corrected chi connectivity index (χ0v) is 19.7. The Morgan fingerprint density at radius 3 is 2.65 bits per heavy atom. The SMILES string of the molecule is CCc1ccc(OCc2nnc(SCc3csc(-c4cccc(C)c4)n3)n2CC)cc1. The summed E-state index contributed by atoms with van der Waals surface area (Å²) in [4.78, 5) is 4.80. The Hall–Kier alpha value is -2.64. The number of thiazole rings is 1. The maximum atomic E-state index is 5.93. The lowest BCUT2D eigenvalue weighted by atomic mass is 10.1. The van der Waals surface area contributed by atoms with Crippen molar-refractivity contribution in [2.75, 3.05) is 0 Å². The number of hydrogen-bond donors (Lipinski definition) is 0. The average Bonchev–Trinajstić information content (AvgIpc) is 3.43. The summed E-state index contributed by atoms with van der Waals surface area (Å²) in [6, 6.07) is 16.7. The van der Waals surface area contributed by atoms with Crippen molar-refractivity contribution in [1.82, 2.24) is 19.7 Å². The van der Waals surface area contributed by atoms with Gasteiger partial charge < -0.3 is 9.30 Å². The molecule has 0 amide bonds. The molecule has 7 heteroatoms. The summed E-state index contributed by atoms with van der Waals surface area (Å²) in [5.41, 5.74) is 4.78. The summed E-state index contributed by atoms with van der Waals surface area (Å²) in [6.45, 7) is 7.56. The fourth-order valence-electron chi connectivity index (χ4n) is 3.24. The molecule has 0 aliphatic heterocycles. The van der Waals surface area contributed by atoms with Crippen LogP contribution < -0.4 is 4.74 Å². The van der Waals surface area contributed by atoms with Crippen LogP contribution in [0.25, 0.3) is 10.6 Å². The normalized spacial score (nSPS) is 11.1. The molecule has 0 bridgehead atoms. The maximum absolute atomic E-state index is 5.93. The maximum Gasteiger partial charge on any atom is 0.191 e. The van der Waals surface area contributed by atoms with Gasteiger partial charge in [-0.15, -0.1) is 21.5 Å². The lowest BCUT2D eigenvalue weighted by Crippen LogP contribution is -2.07. The number of benzene rings is 2. The molecule has 0 saturated carbocycles. The van der Waals surface area contributed by atoms with Crippen molar-refractivity contribution in [3.63, 3.8) is 0 Å². The highest BCUT2D eigenvalue weighted by Crippen LogP contribution is 2.28. The first-order valence-electron chi connectivity index (χ1n) is 10.4. The Morgan fingerprint density at radius 1 is 1.06 bits per heavy atom. The minimum absolute atomic E-state index is 0.404. The third-order valence-electron chi connectivity index (χ3n) is 4.98. The quantitative estimate of drug-likeness (QED) is 0.286. The summed E-state index contributed by atoms with van der Waals surface area (Å²) >= 11 is 3.34. The molecule has 5 nitrogen and oxygen atoms in total. The standard InChI is InChI=1S/C24H26N4OS2/c1-4-18-9-11-21(12-10-18)29-14-22-26-27-24(28(22)5-2)31-16-20-15-30-23(25-20)19-8-6-7-17(3)13-19/h6-13,15H,4-5,14,16H2,1-3H3. The van der Waals surface area contributed by atoms with Gasteiger partial charge in [0.2, 0.25) is 0 Å². The summed E-state index contributed by atoms with van der Waals surface area (Å²) in [7, 11) is 0. The molecule has 4 aromatic rings. The van der Waals surface area contributed by atoms with Gasteiger partial charge in [0.05, 0.1) is 5.69 Å². The van der Waals surface area contributed by atoms with Gasteiger partial charge in [0.15, 0.2) is 11.0 Å². The van der Waals surface area contributed by atoms with E-state index in [0.717, 1.165) is 46.2 Å². The Morgan fingerprint density at radius 2 is 1.90 bits per heavy atom. The molecule has 0 saturated heterocycles. The summed E-state index contributed by atoms with van der Waals surface area (Å²) in [5.74, 6) is 2.45. The van der Waals surface area contributed by atoms with E-state index in [1.54, 1.807) is 23.1 Å². The second-order valence-corrected chi connectivity index (χ2v) is 9.03. The molecule has 0 fully saturated rings. The van der Waals surface area contributed by atoms with Gasteiger partial charge in [-0.1, -0.05) is 54.6 Å². The Labute approximate surface area is 191 Å². The van der Waals surface area contributed by atoms with Crippen LogP contribution in [0.15, 0.2) is 59.1 Å². The zero-order chi connectivity index (χ0) is 21.6. The van der Waals surface area contributed by atoms with E-state index < -0.39 is 0 Å². The van der Waals surface area contributed by atoms with E-state index in [9.17, 15) is 0 Å². The zero-order valence-electron chi connectivity index (χ0n) is 18.0. The van der Waals surface area contributed by atoms with Crippen molar-refractivity contribution >= 4 is 23.1 Å². The molecule has 0 spiro atoms. The number of nitrogens with zero attached hydrogens (tertiary/aromatic N) is 4. The predicted molar refractivity (Wildman–Crippen MR) is 128 cm³/mol. The molecule has 0 unspecified atom stereocenters. The fourth-order valence-corrected chi connectivity index (χ4v) is 5.08. The van der Waals surface area contributed by atoms with E-state index in [0.29, 0.717) is 6.61 Å². The molecule has 0 aliphatic rings. The lowest BCUT2D eigenvalue weighted by Gasteiger charge is -2.09. The monoisotopic (exact) mass is 450 g/mol. The van der Waals surface area contributed by atoms with Crippen LogP contribution in [0.2, 0.25) is 0 Å². The first-order valence-corrected chi connectivity index (χ1v) is 12.3. The first kappa shape index (κ1) is 21.6. The van der Waals surface area contributed by atoms with Crippen molar-refractivity contribution in [3.8, 4) is 16.3 Å². The first-order chi connectivity index (χ1) is 15.2. The van der Waals surface area contributed by atoms with Gasteiger partial charge in [-0.2, -0.15) is 0 Å². The molecule has 2 aromatic carbocycles. The molecule has 0 N–H and O–H groups in total. The molecular formula is C24H26N4OS2. The number of rotatable bonds is 9. The smallest absolute Gasteiger partial charge is 0.191 e. The highest BCUT2D eigenvalue weighted by atomic mass is 32.2. The Balaban J connectivity index is 1.38. The third kappa shape index (κ3) is 5.35. The number of ether oxygens (including phenoxy) is 1. The van der Waals surface area contributed by atoms with Crippen LogP contribution in [0.5, 0.6) is 5.75 Å². The van der Waals surface area contributed by atoms with E-state index in [1.807, 2.05) is 12.1 Å². The van der Waals surface area contributed by atoms with Gasteiger partial charge in [-0.05, 0) is 44.0 Å². The topological polar surface area (TPSA) is 52.8 Å². The van der Waals surface area contributed by atoms with Crippen molar-refractivity contribution < 1.29 is 4.74 Å². The number of aryl methyl sites for hydroxylation is 2. The van der Waals surface area contributed by atoms with Gasteiger partial charge in [0.25, 0.3) is 0 Å². The van der Waals surface area contributed by atoms with E-state index in [2.05, 4.69) is 77.3 Å². The van der Waals surface area contributed by atoms with Crippen molar-refractivity contribution in [1.29, 1.82) is 0 Å². The van der Waals surface area contributed by atoms with Crippen molar-refractivity contribution in [3.05, 3.63) is 76.6 Å². The van der Waals surface area contributed by atoms with Crippen LogP contribution in [0.1, 0.15) is 36.5 Å². The van der Waals surface area contributed by atoms with Crippen LogP contribution in [-0.2, 0) is 25.3 Å². The second-order valence-electron chi connectivity index (χ2n) is 7.23. The number of aromatic nitrogens is 4. The summed E-state index contributed by atoms with van der Waals surface area (Å²) in [6.07, 6.45) is 1.02. The van der Waals surface area contributed by atoms with Crippen LogP contribution in [0.4, 0.5) is 0 Å². The molecule has 4 rings (SSSR count). The minimum atomic E-state index is 0.404. The fraction of sp³-hybridized carbons (Fsp3) is 0.292. The van der Waals surface area contributed by atoms with Crippen molar-refractivity contribution in [2.45, 2.75) is 51.3 Å². The van der Waals surface area contributed by atoms with Gasteiger partial charge in [-0.25, -0.2) is 4.98 Å². The van der Waals surface area contributed by atoms with Crippen LogP contribution in [-0.4, -0.2) is 19.7 Å². The van der Waals surface area contributed by atoms with E-state index in [1.165, 1.54) is 16.7 Å². The Kier molecular flexibility index (Phi) is 7.04. The van der Waals surface area contributed by atoms with Gasteiger partial charge in [0, 0.05) is 23.2 Å². The molecular weight excluding hydrogens is 424 g/mol. The molecule has 0 atom stereocenters. The van der Waals surface area contributed by atoms with E-state index >= 15 is 0 Å². The summed E-state index contributed by atoms with van der Waals surface area (Å²) < 4.78 is 8.04. The second kappa shape index (κ2) is 10.1. The summed E-state index contributed by atoms with van der Waals surface area (Å²) in [5, 5.41) is 12.8. The van der Waals surface area contributed by atoms with Gasteiger partial charge >= 0.3 is 0 Å². The molecule has 31 heavy (non-hydrogen) atoms. The average molecular weight is 451 g/mol. The van der Waals surface area contributed by atoms with Crippen LogP contribution in [0, 0.1) is 6.92 Å². The minimum Gasteiger partial charge on any atom is -0.486 e. The molecule has 2 aromatic heterocycles. The largest absolute Gasteiger partial charge is 0.486 e. The molecule has 0 aliphatic carbocycles.